The number of rotatable bonds is 10. The van der Waals surface area contributed by atoms with Crippen molar-refractivity contribution in [1.82, 2.24) is 14.9 Å². The first-order valence-electron chi connectivity index (χ1n) is 9.64. The molecule has 1 fully saturated rings. The van der Waals surface area contributed by atoms with E-state index in [0.29, 0.717) is 28.7 Å². The Morgan fingerprint density at radius 2 is 1.97 bits per heavy atom. The first kappa shape index (κ1) is 21.8. The molecule has 2 aromatic rings. The lowest BCUT2D eigenvalue weighted by Crippen LogP contribution is -2.30. The highest BCUT2D eigenvalue weighted by atomic mass is 32.2. The summed E-state index contributed by atoms with van der Waals surface area (Å²) in [7, 11) is 0. The summed E-state index contributed by atoms with van der Waals surface area (Å²) in [6.07, 6.45) is 3.48. The summed E-state index contributed by atoms with van der Waals surface area (Å²) in [5.41, 5.74) is 1.47. The van der Waals surface area contributed by atoms with Crippen molar-refractivity contribution < 1.29 is 24.2 Å². The normalized spacial score (nSPS) is 13.0. The fraction of sp³-hybridized carbons (Fsp3) is 0.400. The van der Waals surface area contributed by atoms with Crippen molar-refractivity contribution >= 4 is 35.2 Å². The number of aliphatic hydroxyl groups excluding tert-OH is 1. The molecule has 0 unspecified atom stereocenters. The Bertz CT molecular complexity index is 908. The van der Waals surface area contributed by atoms with Gasteiger partial charge in [0, 0.05) is 11.7 Å². The molecule has 3 N–H and O–H groups in total. The molecule has 30 heavy (non-hydrogen) atoms. The second-order valence-corrected chi connectivity index (χ2v) is 7.70. The van der Waals surface area contributed by atoms with E-state index in [-0.39, 0.29) is 36.8 Å². The molecule has 0 saturated heterocycles. The maximum absolute atomic E-state index is 12.3. The number of amides is 2. The summed E-state index contributed by atoms with van der Waals surface area (Å²) in [6, 6.07) is 6.67. The van der Waals surface area contributed by atoms with Gasteiger partial charge in [0.15, 0.2) is 5.16 Å². The van der Waals surface area contributed by atoms with Crippen LogP contribution < -0.4 is 10.6 Å². The van der Waals surface area contributed by atoms with Gasteiger partial charge in [0.2, 0.25) is 11.8 Å². The van der Waals surface area contributed by atoms with E-state index in [2.05, 4.69) is 15.6 Å². The first-order valence-corrected chi connectivity index (χ1v) is 10.6. The fourth-order valence-corrected chi connectivity index (χ4v) is 3.48. The second-order valence-electron chi connectivity index (χ2n) is 6.75. The van der Waals surface area contributed by atoms with Crippen molar-refractivity contribution in [2.24, 2.45) is 0 Å². The van der Waals surface area contributed by atoms with Crippen LogP contribution in [-0.4, -0.2) is 50.8 Å². The van der Waals surface area contributed by atoms with E-state index in [9.17, 15) is 19.5 Å². The molecule has 0 spiro atoms. The van der Waals surface area contributed by atoms with Crippen molar-refractivity contribution in [2.45, 2.75) is 44.1 Å². The van der Waals surface area contributed by atoms with Gasteiger partial charge >= 0.3 is 5.97 Å². The number of carbonyl (C=O) groups is 3. The SMILES string of the molecule is CCOC(=O)c1ccc(NC(=O)CSc2ncc(CO)n2CC(=O)NC2CC2)cc1. The minimum Gasteiger partial charge on any atom is -0.462 e. The summed E-state index contributed by atoms with van der Waals surface area (Å²) in [4.78, 5) is 40.3. The van der Waals surface area contributed by atoms with Crippen LogP contribution >= 0.6 is 11.8 Å². The Morgan fingerprint density at radius 1 is 1.23 bits per heavy atom. The number of thioether (sulfide) groups is 1. The van der Waals surface area contributed by atoms with E-state index in [1.165, 1.54) is 18.0 Å². The molecule has 0 aliphatic heterocycles. The number of imidazole rings is 1. The third-order valence-corrected chi connectivity index (χ3v) is 5.31. The summed E-state index contributed by atoms with van der Waals surface area (Å²) in [6.45, 7) is 1.83. The molecule has 1 heterocycles. The lowest BCUT2D eigenvalue weighted by atomic mass is 10.2. The number of carbonyl (C=O) groups excluding carboxylic acids is 3. The topological polar surface area (TPSA) is 123 Å². The third kappa shape index (κ3) is 6.07. The molecule has 1 saturated carbocycles. The number of nitrogens with one attached hydrogen (secondary N) is 2. The molecule has 1 aromatic carbocycles. The molecule has 2 amide bonds. The van der Waals surface area contributed by atoms with Gasteiger partial charge < -0.3 is 25.0 Å². The molecule has 1 aliphatic rings. The highest BCUT2D eigenvalue weighted by molar-refractivity contribution is 7.99. The predicted octanol–water partition coefficient (Wildman–Crippen LogP) is 1.56. The summed E-state index contributed by atoms with van der Waals surface area (Å²) in [5.74, 6) is -0.737. The summed E-state index contributed by atoms with van der Waals surface area (Å²) < 4.78 is 6.54. The molecule has 3 rings (SSSR count). The maximum Gasteiger partial charge on any atom is 0.338 e. The average Bonchev–Trinajstić information content (AvgIpc) is 3.46. The number of aromatic nitrogens is 2. The summed E-state index contributed by atoms with van der Waals surface area (Å²) in [5, 5.41) is 15.6. The van der Waals surface area contributed by atoms with E-state index in [1.807, 2.05) is 0 Å². The van der Waals surface area contributed by atoms with Gasteiger partial charge in [0.05, 0.1) is 36.4 Å². The van der Waals surface area contributed by atoms with Crippen LogP contribution in [0.1, 0.15) is 35.8 Å². The first-order chi connectivity index (χ1) is 14.5. The average molecular weight is 433 g/mol. The van der Waals surface area contributed by atoms with Crippen LogP contribution in [0.25, 0.3) is 0 Å². The van der Waals surface area contributed by atoms with Gasteiger partial charge in [-0.25, -0.2) is 9.78 Å². The van der Waals surface area contributed by atoms with Gasteiger partial charge in [-0.15, -0.1) is 0 Å². The zero-order chi connectivity index (χ0) is 21.5. The van der Waals surface area contributed by atoms with Gasteiger partial charge in [0.25, 0.3) is 0 Å². The number of anilines is 1. The second kappa shape index (κ2) is 10.3. The molecule has 0 bridgehead atoms. The van der Waals surface area contributed by atoms with Crippen molar-refractivity contribution in [1.29, 1.82) is 0 Å². The number of hydrogen-bond acceptors (Lipinski definition) is 7. The van der Waals surface area contributed by atoms with E-state index < -0.39 is 5.97 Å². The maximum atomic E-state index is 12.3. The Morgan fingerprint density at radius 3 is 2.60 bits per heavy atom. The van der Waals surface area contributed by atoms with E-state index in [4.69, 9.17) is 4.74 Å². The van der Waals surface area contributed by atoms with Gasteiger partial charge in [-0.2, -0.15) is 0 Å². The molecule has 160 valence electrons. The number of aliphatic hydroxyl groups is 1. The molecule has 1 aromatic heterocycles. The number of ether oxygens (including phenoxy) is 1. The van der Waals surface area contributed by atoms with Crippen LogP contribution in [0.3, 0.4) is 0 Å². The molecular weight excluding hydrogens is 408 g/mol. The van der Waals surface area contributed by atoms with Crippen molar-refractivity contribution in [3.63, 3.8) is 0 Å². The Hall–Kier alpha value is -2.85. The highest BCUT2D eigenvalue weighted by Gasteiger charge is 2.24. The highest BCUT2D eigenvalue weighted by Crippen LogP contribution is 2.21. The standard InChI is InChI=1S/C20H24N4O5S/c1-2-29-19(28)13-3-5-14(6-4-13)23-18(27)12-30-20-21-9-16(11-25)24(20)10-17(26)22-15-7-8-15/h3-6,9,15,25H,2,7-8,10-12H2,1H3,(H,22,26)(H,23,27). The van der Waals surface area contributed by atoms with Crippen LogP contribution in [0, 0.1) is 0 Å². The largest absolute Gasteiger partial charge is 0.462 e. The van der Waals surface area contributed by atoms with Crippen LogP contribution in [0.5, 0.6) is 0 Å². The van der Waals surface area contributed by atoms with E-state index in [0.717, 1.165) is 12.8 Å². The summed E-state index contributed by atoms with van der Waals surface area (Å²) >= 11 is 1.18. The molecule has 0 radical (unpaired) electrons. The lowest BCUT2D eigenvalue weighted by Gasteiger charge is -2.11. The zero-order valence-corrected chi connectivity index (χ0v) is 17.4. The molecule has 10 heteroatoms. The van der Waals surface area contributed by atoms with Crippen LogP contribution in [0.2, 0.25) is 0 Å². The molecule has 1 aliphatic carbocycles. The quantitative estimate of drug-likeness (QED) is 0.385. The Labute approximate surface area is 178 Å². The third-order valence-electron chi connectivity index (χ3n) is 4.32. The molecule has 9 nitrogen and oxygen atoms in total. The Kier molecular flexibility index (Phi) is 7.47. The van der Waals surface area contributed by atoms with E-state index >= 15 is 0 Å². The van der Waals surface area contributed by atoms with Crippen molar-refractivity contribution in [3.8, 4) is 0 Å². The van der Waals surface area contributed by atoms with Gasteiger partial charge in [-0.05, 0) is 44.0 Å². The number of benzene rings is 1. The minimum atomic E-state index is -0.414. The molecule has 0 atom stereocenters. The Balaban J connectivity index is 1.54. The smallest absolute Gasteiger partial charge is 0.338 e. The fourth-order valence-electron chi connectivity index (χ4n) is 2.68. The van der Waals surface area contributed by atoms with Crippen LogP contribution in [0.15, 0.2) is 35.6 Å². The van der Waals surface area contributed by atoms with Gasteiger partial charge in [-0.1, -0.05) is 11.8 Å². The number of nitrogens with zero attached hydrogens (tertiary/aromatic N) is 2. The van der Waals surface area contributed by atoms with Crippen molar-refractivity contribution in [2.75, 3.05) is 17.7 Å². The lowest BCUT2D eigenvalue weighted by molar-refractivity contribution is -0.122. The zero-order valence-electron chi connectivity index (χ0n) is 16.6. The predicted molar refractivity (Wildman–Crippen MR) is 111 cm³/mol. The van der Waals surface area contributed by atoms with Crippen LogP contribution in [-0.2, 0) is 27.5 Å². The molecular formula is C20H24N4O5S. The number of esters is 1. The minimum absolute atomic E-state index is 0.0473. The van der Waals surface area contributed by atoms with Crippen molar-refractivity contribution in [3.05, 3.63) is 41.7 Å². The van der Waals surface area contributed by atoms with Gasteiger partial charge in [0.1, 0.15) is 6.54 Å². The number of hydrogen-bond donors (Lipinski definition) is 3. The van der Waals surface area contributed by atoms with Crippen LogP contribution in [0.4, 0.5) is 5.69 Å². The monoisotopic (exact) mass is 432 g/mol. The van der Waals surface area contributed by atoms with Gasteiger partial charge in [-0.3, -0.25) is 9.59 Å². The van der Waals surface area contributed by atoms with E-state index in [1.54, 1.807) is 35.8 Å².